The molecule has 0 aromatic carbocycles. The van der Waals surface area contributed by atoms with Crippen LogP contribution in [0.2, 0.25) is 0 Å². The van der Waals surface area contributed by atoms with Gasteiger partial charge in [-0.1, -0.05) is 37.6 Å². The fraction of sp³-hybridized carbons (Fsp3) is 0.773. The van der Waals surface area contributed by atoms with E-state index in [1.165, 1.54) is 44.9 Å². The second-order valence-electron chi connectivity index (χ2n) is 9.41. The molecule has 4 aliphatic carbocycles. The third-order valence-corrected chi connectivity index (χ3v) is 8.61. The maximum Gasteiger partial charge on any atom is 0.303 e. The van der Waals surface area contributed by atoms with Gasteiger partial charge in [-0.05, 0) is 85.9 Å². The van der Waals surface area contributed by atoms with Crippen LogP contribution in [-0.4, -0.2) is 11.1 Å². The molecule has 0 aromatic heterocycles. The van der Waals surface area contributed by atoms with E-state index in [-0.39, 0.29) is 0 Å². The summed E-state index contributed by atoms with van der Waals surface area (Å²) in [5.41, 5.74) is 2.51. The van der Waals surface area contributed by atoms with Crippen molar-refractivity contribution < 1.29 is 9.90 Å². The fourth-order valence-electron chi connectivity index (χ4n) is 7.26. The third kappa shape index (κ3) is 2.32. The first-order chi connectivity index (χ1) is 11.4. The second-order valence-corrected chi connectivity index (χ2v) is 9.41. The van der Waals surface area contributed by atoms with Crippen LogP contribution in [0, 0.1) is 34.5 Å². The Morgan fingerprint density at radius 1 is 1.21 bits per heavy atom. The van der Waals surface area contributed by atoms with Gasteiger partial charge in [0.15, 0.2) is 0 Å². The summed E-state index contributed by atoms with van der Waals surface area (Å²) in [5.74, 6) is 2.56. The first kappa shape index (κ1) is 16.4. The summed E-state index contributed by atoms with van der Waals surface area (Å²) in [4.78, 5) is 11.0. The predicted molar refractivity (Wildman–Crippen MR) is 96.6 cm³/mol. The molecule has 0 amide bonds. The van der Waals surface area contributed by atoms with Crippen molar-refractivity contribution in [1.82, 2.24) is 0 Å². The van der Waals surface area contributed by atoms with E-state index >= 15 is 0 Å². The molecule has 0 aliphatic heterocycles. The lowest BCUT2D eigenvalue weighted by Gasteiger charge is -2.58. The van der Waals surface area contributed by atoms with Crippen LogP contribution >= 0.6 is 0 Å². The topological polar surface area (TPSA) is 37.3 Å². The molecule has 132 valence electrons. The Labute approximate surface area is 146 Å². The molecule has 2 nitrogen and oxygen atoms in total. The Morgan fingerprint density at radius 3 is 2.83 bits per heavy atom. The molecule has 4 aliphatic rings. The molecule has 1 N–H and O–H groups in total. The number of hydrogen-bond donors (Lipinski definition) is 1. The Balaban J connectivity index is 1.56. The SMILES string of the molecule is C[C@]12CC[C@H]3[C@@H](CCC4=CC=CC[C@@]43C)[C@@H]1CC[C@@H]2CCC(=O)O. The normalized spacial score (nSPS) is 46.7. The molecule has 3 fully saturated rings. The van der Waals surface area contributed by atoms with Gasteiger partial charge in [0.25, 0.3) is 0 Å². The molecule has 0 spiro atoms. The summed E-state index contributed by atoms with van der Waals surface area (Å²) < 4.78 is 0. The van der Waals surface area contributed by atoms with E-state index in [0.29, 0.717) is 23.2 Å². The molecule has 2 heteroatoms. The first-order valence-corrected chi connectivity index (χ1v) is 10.0. The summed E-state index contributed by atoms with van der Waals surface area (Å²) in [6.07, 6.45) is 17.4. The average molecular weight is 328 g/mol. The minimum atomic E-state index is -0.621. The van der Waals surface area contributed by atoms with Crippen LogP contribution < -0.4 is 0 Å². The van der Waals surface area contributed by atoms with Gasteiger partial charge >= 0.3 is 5.97 Å². The van der Waals surface area contributed by atoms with Crippen LogP contribution in [0.1, 0.15) is 71.6 Å². The number of aliphatic carboxylic acids is 1. The largest absolute Gasteiger partial charge is 0.481 e. The zero-order valence-electron chi connectivity index (χ0n) is 15.3. The van der Waals surface area contributed by atoms with E-state index in [2.05, 4.69) is 32.1 Å². The Hall–Kier alpha value is -1.05. The van der Waals surface area contributed by atoms with E-state index in [1.807, 2.05) is 0 Å². The number of allylic oxidation sites excluding steroid dienone is 4. The third-order valence-electron chi connectivity index (χ3n) is 8.61. The van der Waals surface area contributed by atoms with Crippen molar-refractivity contribution in [3.05, 3.63) is 23.8 Å². The lowest BCUT2D eigenvalue weighted by atomic mass is 9.47. The zero-order chi connectivity index (χ0) is 16.9. The maximum absolute atomic E-state index is 11.0. The number of carbonyl (C=O) groups is 1. The predicted octanol–water partition coefficient (Wildman–Crippen LogP) is 5.60. The standard InChI is InChI=1S/C22H32O2/c1-21-13-4-3-5-15(21)6-9-17-18-10-7-16(8-11-20(23)24)22(18,2)14-12-19(17)21/h3-5,16-19H,6-14H2,1-2H3,(H,23,24)/t16-,17+,18+,19+,21+,22-/m1/s1. The quantitative estimate of drug-likeness (QED) is 0.732. The van der Waals surface area contributed by atoms with E-state index in [0.717, 1.165) is 24.2 Å². The van der Waals surface area contributed by atoms with Gasteiger partial charge in [-0.2, -0.15) is 0 Å². The van der Waals surface area contributed by atoms with Crippen LogP contribution in [-0.2, 0) is 4.79 Å². The van der Waals surface area contributed by atoms with E-state index in [9.17, 15) is 4.79 Å². The van der Waals surface area contributed by atoms with Crippen LogP contribution in [0.15, 0.2) is 23.8 Å². The van der Waals surface area contributed by atoms with Crippen LogP contribution in [0.3, 0.4) is 0 Å². The number of carboxylic acids is 1. The molecular weight excluding hydrogens is 296 g/mol. The van der Waals surface area contributed by atoms with Crippen molar-refractivity contribution in [2.24, 2.45) is 34.5 Å². The van der Waals surface area contributed by atoms with E-state index in [4.69, 9.17) is 5.11 Å². The number of hydrogen-bond acceptors (Lipinski definition) is 1. The number of carboxylic acid groups (broad SMARTS) is 1. The molecular formula is C22H32O2. The minimum Gasteiger partial charge on any atom is -0.481 e. The van der Waals surface area contributed by atoms with Crippen molar-refractivity contribution >= 4 is 5.97 Å². The van der Waals surface area contributed by atoms with Gasteiger partial charge in [-0.15, -0.1) is 0 Å². The minimum absolute atomic E-state index is 0.358. The highest BCUT2D eigenvalue weighted by Crippen LogP contribution is 2.66. The van der Waals surface area contributed by atoms with E-state index in [1.54, 1.807) is 5.57 Å². The summed E-state index contributed by atoms with van der Waals surface area (Å²) in [6.45, 7) is 5.03. The van der Waals surface area contributed by atoms with Crippen molar-refractivity contribution in [2.45, 2.75) is 71.6 Å². The highest BCUT2D eigenvalue weighted by molar-refractivity contribution is 5.66. The van der Waals surface area contributed by atoms with Gasteiger partial charge < -0.3 is 5.11 Å². The zero-order valence-corrected chi connectivity index (χ0v) is 15.3. The van der Waals surface area contributed by atoms with Crippen LogP contribution in [0.4, 0.5) is 0 Å². The van der Waals surface area contributed by atoms with Gasteiger partial charge in [-0.3, -0.25) is 4.79 Å². The first-order valence-electron chi connectivity index (χ1n) is 10.0. The molecule has 0 saturated heterocycles. The molecule has 4 rings (SSSR count). The van der Waals surface area contributed by atoms with Crippen molar-refractivity contribution in [3.8, 4) is 0 Å². The van der Waals surface area contributed by atoms with Crippen LogP contribution in [0.5, 0.6) is 0 Å². The molecule has 0 unspecified atom stereocenters. The number of rotatable bonds is 3. The smallest absolute Gasteiger partial charge is 0.303 e. The summed E-state index contributed by atoms with van der Waals surface area (Å²) in [7, 11) is 0. The summed E-state index contributed by atoms with van der Waals surface area (Å²) in [6, 6.07) is 0. The molecule has 0 bridgehead atoms. The maximum atomic E-state index is 11.0. The Kier molecular flexibility index (Phi) is 3.93. The fourth-order valence-corrected chi connectivity index (χ4v) is 7.26. The molecule has 0 heterocycles. The van der Waals surface area contributed by atoms with Crippen molar-refractivity contribution in [3.63, 3.8) is 0 Å². The van der Waals surface area contributed by atoms with E-state index < -0.39 is 5.97 Å². The van der Waals surface area contributed by atoms with Gasteiger partial charge in [0, 0.05) is 6.42 Å². The van der Waals surface area contributed by atoms with Gasteiger partial charge in [0.1, 0.15) is 0 Å². The lowest BCUT2D eigenvalue weighted by Crippen LogP contribution is -2.49. The number of fused-ring (bicyclic) bond motifs is 5. The highest BCUT2D eigenvalue weighted by Gasteiger charge is 2.58. The molecule has 3 saturated carbocycles. The van der Waals surface area contributed by atoms with Gasteiger partial charge in [0.2, 0.25) is 0 Å². The molecule has 6 atom stereocenters. The average Bonchev–Trinajstić information content (AvgIpc) is 2.89. The van der Waals surface area contributed by atoms with Crippen molar-refractivity contribution in [2.75, 3.05) is 0 Å². The second kappa shape index (κ2) is 5.75. The molecule has 0 radical (unpaired) electrons. The highest BCUT2D eigenvalue weighted by atomic mass is 16.4. The van der Waals surface area contributed by atoms with Crippen molar-refractivity contribution in [1.29, 1.82) is 0 Å². The summed E-state index contributed by atoms with van der Waals surface area (Å²) >= 11 is 0. The summed E-state index contributed by atoms with van der Waals surface area (Å²) in [5, 5.41) is 9.09. The molecule has 0 aromatic rings. The Morgan fingerprint density at radius 2 is 2.04 bits per heavy atom. The molecule has 24 heavy (non-hydrogen) atoms. The van der Waals surface area contributed by atoms with Gasteiger partial charge in [0.05, 0.1) is 0 Å². The Bertz CT molecular complexity index is 589. The lowest BCUT2D eigenvalue weighted by molar-refractivity contribution is -0.137. The van der Waals surface area contributed by atoms with Crippen LogP contribution in [0.25, 0.3) is 0 Å². The van der Waals surface area contributed by atoms with Gasteiger partial charge in [-0.25, -0.2) is 0 Å². The monoisotopic (exact) mass is 328 g/mol.